The second-order valence-electron chi connectivity index (χ2n) is 5.95. The number of nitrogens with one attached hydrogen (secondary N) is 1. The fourth-order valence-corrected chi connectivity index (χ4v) is 2.58. The van der Waals surface area contributed by atoms with E-state index in [1.165, 1.54) is 0 Å². The number of carbonyl (C=O) groups is 1. The predicted octanol–water partition coefficient (Wildman–Crippen LogP) is 4.14. The smallest absolute Gasteiger partial charge is 0.224 e. The standard InChI is InChI=1S/C20H25NO2/c1-4-23-18-12-10-16(11-13-18)14-19(22)21-20(15(2)3)17-8-6-5-7-9-17/h5-13,15,20H,4,14H2,1-3H3,(H,21,22). The first kappa shape index (κ1) is 17.1. The average Bonchev–Trinajstić information content (AvgIpc) is 2.55. The summed E-state index contributed by atoms with van der Waals surface area (Å²) in [5.74, 6) is 1.21. The molecule has 3 heteroatoms. The lowest BCUT2D eigenvalue weighted by Crippen LogP contribution is -2.32. The van der Waals surface area contributed by atoms with Gasteiger partial charge in [-0.25, -0.2) is 0 Å². The second kappa shape index (κ2) is 8.37. The quantitative estimate of drug-likeness (QED) is 0.834. The summed E-state index contributed by atoms with van der Waals surface area (Å²) in [4.78, 5) is 12.4. The molecule has 2 aromatic carbocycles. The maximum atomic E-state index is 12.4. The molecule has 1 unspecified atom stereocenters. The Bertz CT molecular complexity index is 605. The Morgan fingerprint density at radius 2 is 1.70 bits per heavy atom. The number of ether oxygens (including phenoxy) is 1. The minimum Gasteiger partial charge on any atom is -0.494 e. The molecule has 0 aliphatic carbocycles. The van der Waals surface area contributed by atoms with Gasteiger partial charge in [0, 0.05) is 0 Å². The van der Waals surface area contributed by atoms with Gasteiger partial charge in [0.05, 0.1) is 19.1 Å². The van der Waals surface area contributed by atoms with Gasteiger partial charge in [-0.2, -0.15) is 0 Å². The first-order chi connectivity index (χ1) is 11.1. The minimum atomic E-state index is 0.0337. The topological polar surface area (TPSA) is 38.3 Å². The highest BCUT2D eigenvalue weighted by atomic mass is 16.5. The lowest BCUT2D eigenvalue weighted by molar-refractivity contribution is -0.121. The van der Waals surface area contributed by atoms with Crippen LogP contribution in [0.1, 0.15) is 37.9 Å². The number of benzene rings is 2. The van der Waals surface area contributed by atoms with E-state index < -0.39 is 0 Å². The summed E-state index contributed by atoms with van der Waals surface area (Å²) >= 11 is 0. The summed E-state index contributed by atoms with van der Waals surface area (Å²) in [6, 6.07) is 17.8. The van der Waals surface area contributed by atoms with Gasteiger partial charge in [0.1, 0.15) is 5.75 Å². The zero-order valence-electron chi connectivity index (χ0n) is 14.1. The zero-order valence-corrected chi connectivity index (χ0v) is 14.1. The molecule has 3 nitrogen and oxygen atoms in total. The van der Waals surface area contributed by atoms with Crippen molar-refractivity contribution in [2.45, 2.75) is 33.2 Å². The zero-order chi connectivity index (χ0) is 16.7. The van der Waals surface area contributed by atoms with E-state index in [-0.39, 0.29) is 11.9 Å². The van der Waals surface area contributed by atoms with Gasteiger partial charge in [0.25, 0.3) is 0 Å². The fourth-order valence-electron chi connectivity index (χ4n) is 2.58. The highest BCUT2D eigenvalue weighted by Gasteiger charge is 2.18. The number of amides is 1. The third-order valence-corrected chi connectivity index (χ3v) is 3.74. The summed E-state index contributed by atoms with van der Waals surface area (Å²) in [6.45, 7) is 6.84. The number of hydrogen-bond donors (Lipinski definition) is 1. The SMILES string of the molecule is CCOc1ccc(CC(=O)NC(c2ccccc2)C(C)C)cc1. The molecule has 2 aromatic rings. The highest BCUT2D eigenvalue weighted by Crippen LogP contribution is 2.21. The van der Waals surface area contributed by atoms with Gasteiger partial charge in [-0.15, -0.1) is 0 Å². The van der Waals surface area contributed by atoms with Crippen LogP contribution in [0.2, 0.25) is 0 Å². The largest absolute Gasteiger partial charge is 0.494 e. The second-order valence-corrected chi connectivity index (χ2v) is 5.95. The van der Waals surface area contributed by atoms with Crippen molar-refractivity contribution < 1.29 is 9.53 Å². The summed E-state index contributed by atoms with van der Waals surface area (Å²) < 4.78 is 5.42. The molecule has 122 valence electrons. The lowest BCUT2D eigenvalue weighted by Gasteiger charge is -2.23. The van der Waals surface area contributed by atoms with Crippen molar-refractivity contribution in [3.8, 4) is 5.75 Å². The van der Waals surface area contributed by atoms with Crippen molar-refractivity contribution in [2.24, 2.45) is 5.92 Å². The Labute approximate surface area is 138 Å². The van der Waals surface area contributed by atoms with Crippen LogP contribution in [0.5, 0.6) is 5.75 Å². The van der Waals surface area contributed by atoms with Crippen molar-refractivity contribution in [1.29, 1.82) is 0 Å². The molecular weight excluding hydrogens is 286 g/mol. The third-order valence-electron chi connectivity index (χ3n) is 3.74. The summed E-state index contributed by atoms with van der Waals surface area (Å²) in [6.07, 6.45) is 0.377. The number of hydrogen-bond acceptors (Lipinski definition) is 2. The molecule has 0 aliphatic rings. The van der Waals surface area contributed by atoms with E-state index in [2.05, 4.69) is 31.3 Å². The maximum Gasteiger partial charge on any atom is 0.224 e. The van der Waals surface area contributed by atoms with Crippen molar-refractivity contribution >= 4 is 5.91 Å². The number of rotatable bonds is 7. The molecule has 2 rings (SSSR count). The van der Waals surface area contributed by atoms with E-state index in [0.717, 1.165) is 16.9 Å². The molecule has 1 N–H and O–H groups in total. The van der Waals surface area contributed by atoms with E-state index in [4.69, 9.17) is 4.74 Å². The van der Waals surface area contributed by atoms with Crippen molar-refractivity contribution in [3.05, 3.63) is 65.7 Å². The van der Waals surface area contributed by atoms with E-state index in [1.54, 1.807) is 0 Å². The molecule has 1 amide bonds. The molecule has 0 radical (unpaired) electrons. The van der Waals surface area contributed by atoms with Crippen molar-refractivity contribution in [1.82, 2.24) is 5.32 Å². The van der Waals surface area contributed by atoms with Gasteiger partial charge in [-0.05, 0) is 36.1 Å². The predicted molar refractivity (Wildman–Crippen MR) is 93.5 cm³/mol. The van der Waals surface area contributed by atoms with Crippen molar-refractivity contribution in [2.75, 3.05) is 6.61 Å². The molecule has 0 aromatic heterocycles. The molecule has 23 heavy (non-hydrogen) atoms. The van der Waals surface area contributed by atoms with Gasteiger partial charge < -0.3 is 10.1 Å². The molecule has 0 saturated carbocycles. The van der Waals surface area contributed by atoms with Crippen LogP contribution >= 0.6 is 0 Å². The van der Waals surface area contributed by atoms with Crippen LogP contribution in [0.3, 0.4) is 0 Å². The summed E-state index contributed by atoms with van der Waals surface area (Å²) in [7, 11) is 0. The molecule has 0 saturated heterocycles. The fraction of sp³-hybridized carbons (Fsp3) is 0.350. The molecule has 0 spiro atoms. The molecule has 0 heterocycles. The van der Waals surface area contributed by atoms with Gasteiger partial charge in [0.2, 0.25) is 5.91 Å². The monoisotopic (exact) mass is 311 g/mol. The average molecular weight is 311 g/mol. The van der Waals surface area contributed by atoms with Gasteiger partial charge in [0.15, 0.2) is 0 Å². The Morgan fingerprint density at radius 3 is 2.26 bits per heavy atom. The van der Waals surface area contributed by atoms with E-state index in [0.29, 0.717) is 18.9 Å². The Kier molecular flexibility index (Phi) is 6.21. The Hall–Kier alpha value is -2.29. The Morgan fingerprint density at radius 1 is 1.04 bits per heavy atom. The van der Waals surface area contributed by atoms with Gasteiger partial charge in [-0.3, -0.25) is 4.79 Å². The van der Waals surface area contributed by atoms with Crippen LogP contribution in [-0.2, 0) is 11.2 Å². The van der Waals surface area contributed by atoms with E-state index in [9.17, 15) is 4.79 Å². The molecule has 0 aliphatic heterocycles. The lowest BCUT2D eigenvalue weighted by atomic mass is 9.95. The summed E-state index contributed by atoms with van der Waals surface area (Å²) in [5, 5.41) is 3.15. The molecule has 1 atom stereocenters. The van der Waals surface area contributed by atoms with E-state index in [1.807, 2.05) is 49.4 Å². The summed E-state index contributed by atoms with van der Waals surface area (Å²) in [5.41, 5.74) is 2.13. The third kappa shape index (κ3) is 5.13. The van der Waals surface area contributed by atoms with E-state index >= 15 is 0 Å². The molecule has 0 fully saturated rings. The number of carbonyl (C=O) groups excluding carboxylic acids is 1. The molecular formula is C20H25NO2. The minimum absolute atomic E-state index is 0.0337. The maximum absolute atomic E-state index is 12.4. The van der Waals surface area contributed by atoms with Crippen LogP contribution < -0.4 is 10.1 Å². The van der Waals surface area contributed by atoms with Crippen LogP contribution in [0.25, 0.3) is 0 Å². The van der Waals surface area contributed by atoms with Crippen molar-refractivity contribution in [3.63, 3.8) is 0 Å². The van der Waals surface area contributed by atoms with Crippen LogP contribution in [0.15, 0.2) is 54.6 Å². The van der Waals surface area contributed by atoms with Gasteiger partial charge >= 0.3 is 0 Å². The first-order valence-corrected chi connectivity index (χ1v) is 8.16. The Balaban J connectivity index is 1.99. The highest BCUT2D eigenvalue weighted by molar-refractivity contribution is 5.79. The normalized spacial score (nSPS) is 12.0. The van der Waals surface area contributed by atoms with Crippen LogP contribution in [0.4, 0.5) is 0 Å². The first-order valence-electron chi connectivity index (χ1n) is 8.16. The van der Waals surface area contributed by atoms with Crippen LogP contribution in [0, 0.1) is 5.92 Å². The van der Waals surface area contributed by atoms with Crippen LogP contribution in [-0.4, -0.2) is 12.5 Å². The van der Waals surface area contributed by atoms with Gasteiger partial charge in [-0.1, -0.05) is 56.3 Å². The molecule has 0 bridgehead atoms.